The van der Waals surface area contributed by atoms with Crippen molar-refractivity contribution in [2.75, 3.05) is 5.32 Å². The van der Waals surface area contributed by atoms with E-state index in [1.54, 1.807) is 42.9 Å². The topological polar surface area (TPSA) is 42.0 Å². The number of rotatable bonds is 4. The second kappa shape index (κ2) is 5.98. The highest BCUT2D eigenvalue weighted by molar-refractivity contribution is 6.30. The summed E-state index contributed by atoms with van der Waals surface area (Å²) in [7, 11) is 0. The van der Waals surface area contributed by atoms with Gasteiger partial charge in [0, 0.05) is 40.9 Å². The maximum absolute atomic E-state index is 11.8. The van der Waals surface area contributed by atoms with Crippen molar-refractivity contribution in [1.29, 1.82) is 0 Å². The van der Waals surface area contributed by atoms with E-state index in [1.165, 1.54) is 6.08 Å². The van der Waals surface area contributed by atoms with Crippen molar-refractivity contribution < 1.29 is 4.79 Å². The highest BCUT2D eigenvalue weighted by atomic mass is 35.5. The Morgan fingerprint density at radius 2 is 1.78 bits per heavy atom. The molecule has 0 aliphatic rings. The average Bonchev–Trinajstić information content (AvgIpc) is 2.40. The third-order valence-electron chi connectivity index (χ3n) is 2.29. The van der Waals surface area contributed by atoms with Crippen molar-refractivity contribution in [2.24, 2.45) is 0 Å². The molecule has 2 aromatic rings. The summed E-state index contributed by atoms with van der Waals surface area (Å²) in [5, 5.41) is 3.61. The second-order valence-corrected chi connectivity index (χ2v) is 4.02. The molecule has 1 aromatic heterocycles. The molecule has 0 bridgehead atoms. The van der Waals surface area contributed by atoms with Crippen LogP contribution in [0.4, 0.5) is 5.69 Å². The van der Waals surface area contributed by atoms with Crippen LogP contribution in [0.1, 0.15) is 10.4 Å². The first kappa shape index (κ1) is 12.3. The molecule has 0 fully saturated rings. The molecule has 4 heteroatoms. The van der Waals surface area contributed by atoms with Crippen LogP contribution in [0.5, 0.6) is 0 Å². The van der Waals surface area contributed by atoms with E-state index in [-0.39, 0.29) is 5.78 Å². The van der Waals surface area contributed by atoms with Gasteiger partial charge in [0.15, 0.2) is 5.78 Å². The summed E-state index contributed by atoms with van der Waals surface area (Å²) in [5.41, 5.74) is 1.48. The molecule has 0 unspecified atom stereocenters. The van der Waals surface area contributed by atoms with Crippen LogP contribution >= 0.6 is 11.6 Å². The predicted octanol–water partition coefficient (Wildman–Crippen LogP) is 3.54. The second-order valence-electron chi connectivity index (χ2n) is 3.58. The number of carbonyl (C=O) groups excluding carboxylic acids is 1. The summed E-state index contributed by atoms with van der Waals surface area (Å²) in [6.45, 7) is 0. The minimum atomic E-state index is -0.0757. The van der Waals surface area contributed by atoms with Crippen LogP contribution in [0.3, 0.4) is 0 Å². The minimum absolute atomic E-state index is 0.0757. The Labute approximate surface area is 110 Å². The molecule has 0 amide bonds. The number of aromatic nitrogens is 1. The highest BCUT2D eigenvalue weighted by Crippen LogP contribution is 2.10. The number of benzene rings is 1. The lowest BCUT2D eigenvalue weighted by molar-refractivity contribution is 0.104. The number of nitrogens with one attached hydrogen (secondary N) is 1. The summed E-state index contributed by atoms with van der Waals surface area (Å²) in [5.74, 6) is -0.0757. The molecule has 3 nitrogen and oxygen atoms in total. The predicted molar refractivity (Wildman–Crippen MR) is 72.8 cm³/mol. The molecule has 0 saturated heterocycles. The van der Waals surface area contributed by atoms with Gasteiger partial charge in [-0.3, -0.25) is 9.78 Å². The van der Waals surface area contributed by atoms with Crippen molar-refractivity contribution >= 4 is 23.1 Å². The van der Waals surface area contributed by atoms with Gasteiger partial charge in [-0.1, -0.05) is 11.6 Å². The Hall–Kier alpha value is -2.13. The number of hydrogen-bond donors (Lipinski definition) is 1. The number of ketones is 1. The van der Waals surface area contributed by atoms with Crippen molar-refractivity contribution in [1.82, 2.24) is 4.98 Å². The first-order valence-corrected chi connectivity index (χ1v) is 5.76. The zero-order valence-electron chi connectivity index (χ0n) is 9.51. The Morgan fingerprint density at radius 1 is 1.11 bits per heavy atom. The fraction of sp³-hybridized carbons (Fsp3) is 0. The molecular weight excluding hydrogens is 248 g/mol. The van der Waals surface area contributed by atoms with Crippen molar-refractivity contribution in [3.8, 4) is 0 Å². The van der Waals surface area contributed by atoms with E-state index in [2.05, 4.69) is 10.3 Å². The average molecular weight is 259 g/mol. The van der Waals surface area contributed by atoms with Crippen LogP contribution in [0.25, 0.3) is 0 Å². The molecule has 0 radical (unpaired) electrons. The zero-order chi connectivity index (χ0) is 12.8. The Morgan fingerprint density at radius 3 is 2.44 bits per heavy atom. The van der Waals surface area contributed by atoms with Gasteiger partial charge in [-0.25, -0.2) is 0 Å². The number of halogens is 1. The number of carbonyl (C=O) groups is 1. The standard InChI is InChI=1S/C14H11ClN2O/c15-12-3-1-11(2-4-12)14(18)7-10-17-13-5-8-16-9-6-13/h1-10H,(H,16,17)/b10-7+. The van der Waals surface area contributed by atoms with Gasteiger partial charge in [-0.2, -0.15) is 0 Å². The molecule has 18 heavy (non-hydrogen) atoms. The zero-order valence-corrected chi connectivity index (χ0v) is 10.3. The lowest BCUT2D eigenvalue weighted by Crippen LogP contribution is -1.95. The maximum atomic E-state index is 11.8. The molecule has 0 saturated carbocycles. The molecule has 0 aliphatic heterocycles. The largest absolute Gasteiger partial charge is 0.361 e. The van der Waals surface area contributed by atoms with Crippen molar-refractivity contribution in [2.45, 2.75) is 0 Å². The van der Waals surface area contributed by atoms with E-state index in [0.717, 1.165) is 5.69 Å². The smallest absolute Gasteiger partial charge is 0.187 e. The summed E-state index contributed by atoms with van der Waals surface area (Å²) in [6, 6.07) is 10.4. The first-order valence-electron chi connectivity index (χ1n) is 5.39. The number of pyridine rings is 1. The van der Waals surface area contributed by atoms with Crippen molar-refractivity contribution in [3.05, 3.63) is 71.7 Å². The van der Waals surface area contributed by atoms with Crippen LogP contribution in [0.15, 0.2) is 61.1 Å². The summed E-state index contributed by atoms with van der Waals surface area (Å²) in [4.78, 5) is 15.7. The van der Waals surface area contributed by atoms with E-state index >= 15 is 0 Å². The van der Waals surface area contributed by atoms with E-state index in [1.807, 2.05) is 12.1 Å². The first-order chi connectivity index (χ1) is 8.75. The Bertz CT molecular complexity index is 550. The van der Waals surface area contributed by atoms with Crippen LogP contribution in [-0.2, 0) is 0 Å². The van der Waals surface area contributed by atoms with Crippen LogP contribution in [0, 0.1) is 0 Å². The van der Waals surface area contributed by atoms with E-state index in [9.17, 15) is 4.79 Å². The lowest BCUT2D eigenvalue weighted by Gasteiger charge is -1.99. The van der Waals surface area contributed by atoms with Crippen LogP contribution < -0.4 is 5.32 Å². The van der Waals surface area contributed by atoms with Crippen LogP contribution in [-0.4, -0.2) is 10.8 Å². The molecule has 1 N–H and O–H groups in total. The van der Waals surface area contributed by atoms with Gasteiger partial charge >= 0.3 is 0 Å². The molecule has 90 valence electrons. The molecule has 1 heterocycles. The van der Waals surface area contributed by atoms with E-state index in [4.69, 9.17) is 11.6 Å². The number of anilines is 1. The van der Waals surface area contributed by atoms with Gasteiger partial charge in [-0.05, 0) is 36.4 Å². The molecule has 0 aliphatic carbocycles. The van der Waals surface area contributed by atoms with E-state index in [0.29, 0.717) is 10.6 Å². The summed E-state index contributed by atoms with van der Waals surface area (Å²) < 4.78 is 0. The number of allylic oxidation sites excluding steroid dienone is 1. The Balaban J connectivity index is 1.97. The minimum Gasteiger partial charge on any atom is -0.361 e. The monoisotopic (exact) mass is 258 g/mol. The van der Waals surface area contributed by atoms with E-state index < -0.39 is 0 Å². The fourth-order valence-electron chi connectivity index (χ4n) is 1.37. The normalized spacial score (nSPS) is 10.5. The van der Waals surface area contributed by atoms with Crippen LogP contribution in [0.2, 0.25) is 5.02 Å². The highest BCUT2D eigenvalue weighted by Gasteiger charge is 2.00. The number of hydrogen-bond acceptors (Lipinski definition) is 3. The SMILES string of the molecule is O=C(/C=C/Nc1ccncc1)c1ccc(Cl)cc1. The molecule has 0 spiro atoms. The van der Waals surface area contributed by atoms with Gasteiger partial charge < -0.3 is 5.32 Å². The van der Waals surface area contributed by atoms with Gasteiger partial charge in [0.1, 0.15) is 0 Å². The summed E-state index contributed by atoms with van der Waals surface area (Å²) >= 11 is 5.75. The fourth-order valence-corrected chi connectivity index (χ4v) is 1.50. The Kier molecular flexibility index (Phi) is 4.10. The van der Waals surface area contributed by atoms with Gasteiger partial charge in [0.05, 0.1) is 0 Å². The summed E-state index contributed by atoms with van der Waals surface area (Å²) in [6.07, 6.45) is 6.43. The maximum Gasteiger partial charge on any atom is 0.187 e. The van der Waals surface area contributed by atoms with Gasteiger partial charge in [0.2, 0.25) is 0 Å². The molecule has 0 atom stereocenters. The van der Waals surface area contributed by atoms with Gasteiger partial charge in [-0.15, -0.1) is 0 Å². The molecule has 1 aromatic carbocycles. The van der Waals surface area contributed by atoms with Gasteiger partial charge in [0.25, 0.3) is 0 Å². The number of nitrogens with zero attached hydrogens (tertiary/aromatic N) is 1. The third kappa shape index (κ3) is 3.43. The molecular formula is C14H11ClN2O. The molecule has 2 rings (SSSR count). The third-order valence-corrected chi connectivity index (χ3v) is 2.55. The quantitative estimate of drug-likeness (QED) is 0.674. The lowest BCUT2D eigenvalue weighted by atomic mass is 10.1. The van der Waals surface area contributed by atoms with Crippen molar-refractivity contribution in [3.63, 3.8) is 0 Å².